The number of nitrogens with zero attached hydrogens (tertiary/aromatic N) is 3. The maximum atomic E-state index is 13.2. The predicted octanol–water partition coefficient (Wildman–Crippen LogP) is 4.41. The molecule has 32 heavy (non-hydrogen) atoms. The van der Waals surface area contributed by atoms with E-state index in [0.717, 1.165) is 21.7 Å². The molecule has 0 spiro atoms. The van der Waals surface area contributed by atoms with E-state index in [1.165, 1.54) is 4.90 Å². The number of rotatable bonds is 6. The Kier molecular flexibility index (Phi) is 5.97. The normalized spacial score (nSPS) is 20.5. The Balaban J connectivity index is 1.63. The van der Waals surface area contributed by atoms with Gasteiger partial charge < -0.3 is 11.1 Å². The Hall–Kier alpha value is -3.63. The van der Waals surface area contributed by atoms with E-state index in [4.69, 9.17) is 10.7 Å². The summed E-state index contributed by atoms with van der Waals surface area (Å²) in [6.07, 6.45) is 0.614. The number of anilines is 1. The molecule has 1 aromatic heterocycles. The minimum atomic E-state index is -0.762. The van der Waals surface area contributed by atoms with Crippen LogP contribution in [0.4, 0.5) is 5.69 Å². The van der Waals surface area contributed by atoms with E-state index >= 15 is 0 Å². The summed E-state index contributed by atoms with van der Waals surface area (Å²) in [7, 11) is 1.67. The summed E-state index contributed by atoms with van der Waals surface area (Å²) in [5.41, 5.74) is 8.97. The highest BCUT2D eigenvalue weighted by atomic mass is 32.1. The zero-order valence-electron chi connectivity index (χ0n) is 18.1. The summed E-state index contributed by atoms with van der Waals surface area (Å²) >= 11 is 1.57. The van der Waals surface area contributed by atoms with E-state index < -0.39 is 5.54 Å². The number of nitrogens with one attached hydrogen (secondary N) is 1. The molecule has 7 heteroatoms. The number of aliphatic imine (C=N–C) groups is 1. The second kappa shape index (κ2) is 8.85. The van der Waals surface area contributed by atoms with Crippen molar-refractivity contribution >= 4 is 28.9 Å². The van der Waals surface area contributed by atoms with Crippen molar-refractivity contribution in [2.75, 3.05) is 18.9 Å². The predicted molar refractivity (Wildman–Crippen MR) is 129 cm³/mol. The van der Waals surface area contributed by atoms with Crippen molar-refractivity contribution in [3.63, 3.8) is 0 Å². The zero-order chi connectivity index (χ0) is 22.7. The molecule has 1 amide bonds. The van der Waals surface area contributed by atoms with Gasteiger partial charge in [0.2, 0.25) is 5.91 Å². The molecule has 0 bridgehead atoms. The number of nitriles is 1. The standard InChI is InChI=1S/C25H25N5OS/c1-25(22-14-19(16-32-22)18-8-6-7-17(13-18)15-26)21(23(31)30(2)24(27)29-25)11-12-28-20-9-4-3-5-10-20/h3-10,13-14,16,21,28H,11-12H2,1-2H3,(H2,27,29)/t21?,25-/m0/s1. The Morgan fingerprint density at radius 1 is 1.19 bits per heavy atom. The first-order valence-corrected chi connectivity index (χ1v) is 11.3. The lowest BCUT2D eigenvalue weighted by molar-refractivity contribution is -0.134. The van der Waals surface area contributed by atoms with Gasteiger partial charge in [0.25, 0.3) is 0 Å². The monoisotopic (exact) mass is 443 g/mol. The van der Waals surface area contributed by atoms with E-state index in [2.05, 4.69) is 17.5 Å². The Morgan fingerprint density at radius 2 is 1.97 bits per heavy atom. The van der Waals surface area contributed by atoms with Crippen molar-refractivity contribution in [2.24, 2.45) is 16.6 Å². The largest absolute Gasteiger partial charge is 0.385 e. The molecular formula is C25H25N5OS. The topological polar surface area (TPSA) is 94.5 Å². The smallest absolute Gasteiger partial charge is 0.235 e. The molecule has 4 rings (SSSR count). The third kappa shape index (κ3) is 4.10. The molecule has 0 saturated carbocycles. The van der Waals surface area contributed by atoms with Crippen LogP contribution in [-0.2, 0) is 10.3 Å². The van der Waals surface area contributed by atoms with Gasteiger partial charge in [0.15, 0.2) is 5.96 Å². The van der Waals surface area contributed by atoms with Crippen molar-refractivity contribution < 1.29 is 4.79 Å². The molecule has 0 radical (unpaired) electrons. The first-order chi connectivity index (χ1) is 15.4. The molecule has 1 unspecified atom stereocenters. The molecule has 2 atom stereocenters. The number of para-hydroxylation sites is 1. The highest BCUT2D eigenvalue weighted by Crippen LogP contribution is 2.43. The van der Waals surface area contributed by atoms with Crippen LogP contribution in [0.15, 0.2) is 71.0 Å². The van der Waals surface area contributed by atoms with Crippen LogP contribution >= 0.6 is 11.3 Å². The van der Waals surface area contributed by atoms with Gasteiger partial charge in [-0.1, -0.05) is 30.3 Å². The van der Waals surface area contributed by atoms with Gasteiger partial charge in [-0.15, -0.1) is 11.3 Å². The fourth-order valence-corrected chi connectivity index (χ4v) is 5.13. The maximum Gasteiger partial charge on any atom is 0.235 e. The number of carbonyl (C=O) groups is 1. The second-order valence-electron chi connectivity index (χ2n) is 8.04. The average Bonchev–Trinajstić information content (AvgIpc) is 3.32. The number of carbonyl (C=O) groups excluding carboxylic acids is 1. The number of amides is 1. The summed E-state index contributed by atoms with van der Waals surface area (Å²) in [6.45, 7) is 2.63. The third-order valence-electron chi connectivity index (χ3n) is 5.96. The van der Waals surface area contributed by atoms with E-state index in [1.807, 2.05) is 60.8 Å². The molecule has 0 fully saturated rings. The molecule has 3 aromatic rings. The molecule has 0 saturated heterocycles. The molecule has 2 aromatic carbocycles. The third-order valence-corrected chi connectivity index (χ3v) is 7.11. The van der Waals surface area contributed by atoms with Gasteiger partial charge in [-0.3, -0.25) is 9.69 Å². The van der Waals surface area contributed by atoms with Gasteiger partial charge in [0.05, 0.1) is 17.6 Å². The summed E-state index contributed by atoms with van der Waals surface area (Å²) < 4.78 is 0. The van der Waals surface area contributed by atoms with Crippen LogP contribution in [0.25, 0.3) is 11.1 Å². The summed E-state index contributed by atoms with van der Waals surface area (Å²) in [5.74, 6) is -0.157. The molecule has 0 aliphatic carbocycles. The van der Waals surface area contributed by atoms with Crippen molar-refractivity contribution in [2.45, 2.75) is 18.9 Å². The number of guanidine groups is 1. The van der Waals surface area contributed by atoms with Gasteiger partial charge >= 0.3 is 0 Å². The van der Waals surface area contributed by atoms with Crippen LogP contribution in [-0.4, -0.2) is 30.4 Å². The van der Waals surface area contributed by atoms with Crippen LogP contribution < -0.4 is 11.1 Å². The van der Waals surface area contributed by atoms with Crippen molar-refractivity contribution in [1.82, 2.24) is 4.90 Å². The zero-order valence-corrected chi connectivity index (χ0v) is 18.9. The number of thiophene rings is 1. The second-order valence-corrected chi connectivity index (χ2v) is 8.95. The first kappa shape index (κ1) is 21.6. The summed E-state index contributed by atoms with van der Waals surface area (Å²) in [4.78, 5) is 20.4. The molecule has 3 N–H and O–H groups in total. The van der Waals surface area contributed by atoms with E-state index in [-0.39, 0.29) is 17.8 Å². The number of nitrogens with two attached hydrogens (primary N) is 1. The van der Waals surface area contributed by atoms with Crippen molar-refractivity contribution in [3.8, 4) is 17.2 Å². The quantitative estimate of drug-likeness (QED) is 0.590. The van der Waals surface area contributed by atoms with E-state index in [0.29, 0.717) is 18.5 Å². The van der Waals surface area contributed by atoms with Gasteiger partial charge in [-0.25, -0.2) is 4.99 Å². The summed E-state index contributed by atoms with van der Waals surface area (Å²) in [5, 5.41) is 14.7. The SMILES string of the molecule is CN1C(=O)C(CCNc2ccccc2)[C@@](C)(c2cc(-c3cccc(C#N)c3)cs2)N=C1N. The molecule has 162 valence electrons. The van der Waals surface area contributed by atoms with Gasteiger partial charge in [-0.2, -0.15) is 5.26 Å². The number of hydrogen-bond donors (Lipinski definition) is 2. The fourth-order valence-electron chi connectivity index (χ4n) is 4.05. The molecule has 2 heterocycles. The average molecular weight is 444 g/mol. The number of hydrogen-bond acceptors (Lipinski definition) is 6. The van der Waals surface area contributed by atoms with Crippen LogP contribution in [0, 0.1) is 17.2 Å². The minimum Gasteiger partial charge on any atom is -0.385 e. The lowest BCUT2D eigenvalue weighted by Gasteiger charge is -2.40. The number of benzene rings is 2. The Labute approximate surface area is 192 Å². The molecule has 1 aliphatic rings. The molecule has 6 nitrogen and oxygen atoms in total. The summed E-state index contributed by atoms with van der Waals surface area (Å²) in [6, 6.07) is 21.7. The van der Waals surface area contributed by atoms with Crippen molar-refractivity contribution in [1.29, 1.82) is 5.26 Å². The minimum absolute atomic E-state index is 0.0312. The van der Waals surface area contributed by atoms with Crippen LogP contribution in [0.1, 0.15) is 23.8 Å². The highest BCUT2D eigenvalue weighted by molar-refractivity contribution is 7.10. The lowest BCUT2D eigenvalue weighted by atomic mass is 9.80. The Bertz CT molecular complexity index is 1200. The fraction of sp³-hybridized carbons (Fsp3) is 0.240. The van der Waals surface area contributed by atoms with E-state index in [9.17, 15) is 10.1 Å². The van der Waals surface area contributed by atoms with E-state index in [1.54, 1.807) is 24.5 Å². The van der Waals surface area contributed by atoms with Gasteiger partial charge in [-0.05, 0) is 60.2 Å². The van der Waals surface area contributed by atoms with Gasteiger partial charge in [0.1, 0.15) is 5.54 Å². The van der Waals surface area contributed by atoms with Crippen LogP contribution in [0.3, 0.4) is 0 Å². The Morgan fingerprint density at radius 3 is 2.72 bits per heavy atom. The highest BCUT2D eigenvalue weighted by Gasteiger charge is 2.46. The molecule has 1 aliphatic heterocycles. The first-order valence-electron chi connectivity index (χ1n) is 10.4. The molecular weight excluding hydrogens is 418 g/mol. The van der Waals surface area contributed by atoms with Crippen LogP contribution in [0.5, 0.6) is 0 Å². The van der Waals surface area contributed by atoms with Gasteiger partial charge in [0, 0.05) is 24.2 Å². The maximum absolute atomic E-state index is 13.2. The van der Waals surface area contributed by atoms with Crippen LogP contribution in [0.2, 0.25) is 0 Å². The van der Waals surface area contributed by atoms with Crippen molar-refractivity contribution in [3.05, 3.63) is 76.5 Å². The lowest BCUT2D eigenvalue weighted by Crippen LogP contribution is -2.53.